The van der Waals surface area contributed by atoms with Crippen LogP contribution in [0.2, 0.25) is 5.02 Å². The van der Waals surface area contributed by atoms with Crippen molar-refractivity contribution in [3.63, 3.8) is 0 Å². The lowest BCUT2D eigenvalue weighted by Crippen LogP contribution is -2.27. The lowest BCUT2D eigenvalue weighted by molar-refractivity contribution is -0.126. The molecule has 0 bridgehead atoms. The van der Waals surface area contributed by atoms with Gasteiger partial charge in [-0.25, -0.2) is 0 Å². The fourth-order valence-corrected chi connectivity index (χ4v) is 2.41. The first-order chi connectivity index (χ1) is 12.1. The maximum absolute atomic E-state index is 11.9. The van der Waals surface area contributed by atoms with Crippen LogP contribution in [0.5, 0.6) is 11.5 Å². The number of rotatable bonds is 9. The SMILES string of the molecule is CCOc1ccc(CNC(=O)COCc2ccccc2Cl)cc1OC. The van der Waals surface area contributed by atoms with E-state index in [2.05, 4.69) is 5.32 Å². The lowest BCUT2D eigenvalue weighted by atomic mass is 10.2. The fraction of sp³-hybridized carbons (Fsp3) is 0.316. The molecule has 0 unspecified atom stereocenters. The van der Waals surface area contributed by atoms with Crippen molar-refractivity contribution in [1.82, 2.24) is 5.32 Å². The zero-order valence-corrected chi connectivity index (χ0v) is 15.1. The van der Waals surface area contributed by atoms with E-state index in [9.17, 15) is 4.79 Å². The molecule has 0 radical (unpaired) electrons. The Bertz CT molecular complexity index is 706. The maximum atomic E-state index is 11.9. The van der Waals surface area contributed by atoms with Gasteiger partial charge in [0, 0.05) is 11.6 Å². The van der Waals surface area contributed by atoms with Crippen molar-refractivity contribution in [2.75, 3.05) is 20.3 Å². The molecule has 0 aliphatic carbocycles. The number of ether oxygens (including phenoxy) is 3. The van der Waals surface area contributed by atoms with E-state index < -0.39 is 0 Å². The topological polar surface area (TPSA) is 56.8 Å². The summed E-state index contributed by atoms with van der Waals surface area (Å²) in [5.41, 5.74) is 1.77. The van der Waals surface area contributed by atoms with E-state index in [-0.39, 0.29) is 12.5 Å². The molecule has 0 fully saturated rings. The first-order valence-electron chi connectivity index (χ1n) is 8.01. The smallest absolute Gasteiger partial charge is 0.246 e. The summed E-state index contributed by atoms with van der Waals surface area (Å²) in [7, 11) is 1.59. The molecule has 2 rings (SSSR count). The molecule has 0 aliphatic heterocycles. The van der Waals surface area contributed by atoms with Gasteiger partial charge in [-0.1, -0.05) is 35.9 Å². The lowest BCUT2D eigenvalue weighted by Gasteiger charge is -2.12. The minimum absolute atomic E-state index is 0.0284. The van der Waals surface area contributed by atoms with Crippen LogP contribution in [0, 0.1) is 0 Å². The molecule has 0 spiro atoms. The third kappa shape index (κ3) is 5.96. The van der Waals surface area contributed by atoms with Crippen molar-refractivity contribution < 1.29 is 19.0 Å². The normalized spacial score (nSPS) is 10.4. The van der Waals surface area contributed by atoms with Gasteiger partial charge >= 0.3 is 0 Å². The third-order valence-corrected chi connectivity index (χ3v) is 3.83. The minimum Gasteiger partial charge on any atom is -0.493 e. The highest BCUT2D eigenvalue weighted by Gasteiger charge is 2.07. The Morgan fingerprint density at radius 2 is 1.96 bits per heavy atom. The number of methoxy groups -OCH3 is 1. The second kappa shape index (κ2) is 9.91. The molecule has 6 heteroatoms. The molecular weight excluding hydrogens is 342 g/mol. The van der Waals surface area contributed by atoms with Crippen molar-refractivity contribution in [1.29, 1.82) is 0 Å². The summed E-state index contributed by atoms with van der Waals surface area (Å²) in [4.78, 5) is 11.9. The maximum Gasteiger partial charge on any atom is 0.246 e. The van der Waals surface area contributed by atoms with Crippen LogP contribution in [0.25, 0.3) is 0 Å². The van der Waals surface area contributed by atoms with Crippen molar-refractivity contribution in [3.05, 3.63) is 58.6 Å². The van der Waals surface area contributed by atoms with E-state index in [4.69, 9.17) is 25.8 Å². The fourth-order valence-electron chi connectivity index (χ4n) is 2.22. The van der Waals surface area contributed by atoms with Gasteiger partial charge in [-0.3, -0.25) is 4.79 Å². The van der Waals surface area contributed by atoms with Crippen LogP contribution in [-0.4, -0.2) is 26.2 Å². The highest BCUT2D eigenvalue weighted by atomic mass is 35.5. The van der Waals surface area contributed by atoms with Crippen LogP contribution in [0.3, 0.4) is 0 Å². The summed E-state index contributed by atoms with van der Waals surface area (Å²) < 4.78 is 16.2. The molecule has 0 aromatic heterocycles. The van der Waals surface area contributed by atoms with Crippen LogP contribution in [0.15, 0.2) is 42.5 Å². The molecule has 1 N–H and O–H groups in total. The minimum atomic E-state index is -0.195. The molecule has 0 heterocycles. The number of amides is 1. The summed E-state index contributed by atoms with van der Waals surface area (Å²) in [5.74, 6) is 1.13. The van der Waals surface area contributed by atoms with E-state index in [1.54, 1.807) is 13.2 Å². The van der Waals surface area contributed by atoms with Gasteiger partial charge in [0.2, 0.25) is 5.91 Å². The summed E-state index contributed by atoms with van der Waals surface area (Å²) >= 11 is 6.04. The number of carbonyl (C=O) groups is 1. The molecule has 134 valence electrons. The Morgan fingerprint density at radius 1 is 1.16 bits per heavy atom. The number of hydrogen-bond acceptors (Lipinski definition) is 4. The largest absolute Gasteiger partial charge is 0.493 e. The Labute approximate surface area is 152 Å². The van der Waals surface area contributed by atoms with Crippen LogP contribution >= 0.6 is 11.6 Å². The second-order valence-electron chi connectivity index (χ2n) is 5.28. The monoisotopic (exact) mass is 363 g/mol. The van der Waals surface area contributed by atoms with Crippen LogP contribution < -0.4 is 14.8 Å². The van der Waals surface area contributed by atoms with E-state index in [0.717, 1.165) is 11.1 Å². The quantitative estimate of drug-likeness (QED) is 0.739. The van der Waals surface area contributed by atoms with Gasteiger partial charge in [0.25, 0.3) is 0 Å². The summed E-state index contributed by atoms with van der Waals surface area (Å²) in [6.07, 6.45) is 0. The van der Waals surface area contributed by atoms with E-state index in [1.807, 2.05) is 43.3 Å². The van der Waals surface area contributed by atoms with Crippen LogP contribution in [-0.2, 0) is 22.7 Å². The summed E-state index contributed by atoms with van der Waals surface area (Å²) in [6.45, 7) is 3.13. The predicted molar refractivity (Wildman–Crippen MR) is 97.1 cm³/mol. The van der Waals surface area contributed by atoms with Crippen LogP contribution in [0.4, 0.5) is 0 Å². The molecular formula is C19H22ClNO4. The first-order valence-corrected chi connectivity index (χ1v) is 8.39. The second-order valence-corrected chi connectivity index (χ2v) is 5.69. The molecule has 0 saturated heterocycles. The Kier molecular flexibility index (Phi) is 7.57. The van der Waals surface area contributed by atoms with Crippen molar-refractivity contribution in [2.24, 2.45) is 0 Å². The molecule has 5 nitrogen and oxygen atoms in total. The van der Waals surface area contributed by atoms with Gasteiger partial charge in [-0.2, -0.15) is 0 Å². The number of benzene rings is 2. The molecule has 0 atom stereocenters. The predicted octanol–water partition coefficient (Wildman–Crippen LogP) is 3.58. The molecule has 0 saturated carbocycles. The average molecular weight is 364 g/mol. The number of halogens is 1. The van der Waals surface area contributed by atoms with Crippen molar-refractivity contribution in [2.45, 2.75) is 20.1 Å². The standard InChI is InChI=1S/C19H22ClNO4/c1-3-25-17-9-8-14(10-18(17)23-2)11-21-19(22)13-24-12-15-6-4-5-7-16(15)20/h4-10H,3,11-13H2,1-2H3,(H,21,22). The molecule has 1 amide bonds. The Hall–Kier alpha value is -2.24. The first kappa shape index (κ1) is 19.1. The van der Waals surface area contributed by atoms with Crippen molar-refractivity contribution in [3.8, 4) is 11.5 Å². The average Bonchev–Trinajstić information content (AvgIpc) is 2.62. The van der Waals surface area contributed by atoms with Crippen molar-refractivity contribution >= 4 is 17.5 Å². The van der Waals surface area contributed by atoms with E-state index in [1.165, 1.54) is 0 Å². The number of carbonyl (C=O) groups excluding carboxylic acids is 1. The molecule has 2 aromatic rings. The Morgan fingerprint density at radius 3 is 2.68 bits per heavy atom. The highest BCUT2D eigenvalue weighted by Crippen LogP contribution is 2.27. The van der Waals surface area contributed by atoms with Crippen LogP contribution in [0.1, 0.15) is 18.1 Å². The highest BCUT2D eigenvalue weighted by molar-refractivity contribution is 6.31. The molecule has 2 aromatic carbocycles. The third-order valence-electron chi connectivity index (χ3n) is 3.47. The van der Waals surface area contributed by atoms with Gasteiger partial charge in [0.1, 0.15) is 6.61 Å². The van der Waals surface area contributed by atoms with Gasteiger partial charge < -0.3 is 19.5 Å². The molecule has 25 heavy (non-hydrogen) atoms. The summed E-state index contributed by atoms with van der Waals surface area (Å²) in [5, 5.41) is 3.44. The summed E-state index contributed by atoms with van der Waals surface area (Å²) in [6, 6.07) is 13.0. The van der Waals surface area contributed by atoms with Gasteiger partial charge in [0.15, 0.2) is 11.5 Å². The van der Waals surface area contributed by atoms with E-state index in [0.29, 0.717) is 36.3 Å². The number of nitrogens with one attached hydrogen (secondary N) is 1. The zero-order valence-electron chi connectivity index (χ0n) is 14.4. The van der Waals surface area contributed by atoms with Gasteiger partial charge in [-0.15, -0.1) is 0 Å². The number of hydrogen-bond donors (Lipinski definition) is 1. The Balaban J connectivity index is 1.79. The van der Waals surface area contributed by atoms with Gasteiger partial charge in [0.05, 0.1) is 20.3 Å². The molecule has 0 aliphatic rings. The van der Waals surface area contributed by atoms with Gasteiger partial charge in [-0.05, 0) is 36.2 Å². The zero-order chi connectivity index (χ0) is 18.1. The van der Waals surface area contributed by atoms with E-state index >= 15 is 0 Å².